The van der Waals surface area contributed by atoms with Crippen molar-refractivity contribution >= 4 is 5.78 Å². The van der Waals surface area contributed by atoms with E-state index in [1.54, 1.807) is 7.11 Å². The normalized spacial score (nSPS) is 23.1. The summed E-state index contributed by atoms with van der Waals surface area (Å²) in [5.41, 5.74) is 7.89. The molecule has 0 radical (unpaired) electrons. The van der Waals surface area contributed by atoms with Gasteiger partial charge in [0.25, 0.3) is 0 Å². The summed E-state index contributed by atoms with van der Waals surface area (Å²) in [4.78, 5) is 12.2. The van der Waals surface area contributed by atoms with Crippen LogP contribution in [0.1, 0.15) is 11.1 Å². The summed E-state index contributed by atoms with van der Waals surface area (Å²) in [5.74, 6) is 0.695. The summed E-state index contributed by atoms with van der Waals surface area (Å²) in [7, 11) is 1.61. The number of aryl methyl sites for hydroxylation is 1. The van der Waals surface area contributed by atoms with Gasteiger partial charge in [-0.05, 0) is 13.0 Å². The number of benzene rings is 1. The lowest BCUT2D eigenvalue weighted by Gasteiger charge is -2.14. The number of rotatable bonds is 4. The molecule has 1 heterocycles. The Balaban J connectivity index is 2.13. The van der Waals surface area contributed by atoms with Gasteiger partial charge in [-0.3, -0.25) is 4.79 Å². The van der Waals surface area contributed by atoms with Gasteiger partial charge in [0.2, 0.25) is 0 Å². The van der Waals surface area contributed by atoms with Crippen LogP contribution in [0.25, 0.3) is 0 Å². The molecule has 98 valence electrons. The predicted molar refractivity (Wildman–Crippen MR) is 68.7 cm³/mol. The van der Waals surface area contributed by atoms with E-state index in [1.807, 2.05) is 25.1 Å². The lowest BCUT2D eigenvalue weighted by molar-refractivity contribution is -0.122. The molecule has 1 aromatic rings. The molecule has 0 spiro atoms. The molecule has 4 nitrogen and oxygen atoms in total. The van der Waals surface area contributed by atoms with Crippen LogP contribution in [0.5, 0.6) is 5.75 Å². The Kier molecular flexibility index (Phi) is 3.99. The van der Waals surface area contributed by atoms with Crippen LogP contribution in [-0.4, -0.2) is 32.1 Å². The SMILES string of the molecule is COc1ccc(C)cc1CC(=O)C1COCC1N. The highest BCUT2D eigenvalue weighted by Gasteiger charge is 2.31. The van der Waals surface area contributed by atoms with Gasteiger partial charge in [0.05, 0.1) is 26.2 Å². The first-order chi connectivity index (χ1) is 8.61. The van der Waals surface area contributed by atoms with Gasteiger partial charge in [0, 0.05) is 18.0 Å². The molecule has 1 aliphatic heterocycles. The lowest BCUT2D eigenvalue weighted by Crippen LogP contribution is -2.34. The highest BCUT2D eigenvalue weighted by atomic mass is 16.5. The Labute approximate surface area is 107 Å². The summed E-state index contributed by atoms with van der Waals surface area (Å²) in [6.45, 7) is 2.91. The van der Waals surface area contributed by atoms with Gasteiger partial charge in [-0.25, -0.2) is 0 Å². The fourth-order valence-corrected chi connectivity index (χ4v) is 2.27. The maximum atomic E-state index is 12.2. The molecule has 0 amide bonds. The summed E-state index contributed by atoms with van der Waals surface area (Å²) in [6.07, 6.45) is 0.354. The van der Waals surface area contributed by atoms with E-state index >= 15 is 0 Å². The molecule has 4 heteroatoms. The molecule has 2 rings (SSSR count). The van der Waals surface area contributed by atoms with Crippen LogP contribution in [0.2, 0.25) is 0 Å². The Morgan fingerprint density at radius 1 is 1.50 bits per heavy atom. The zero-order valence-electron chi connectivity index (χ0n) is 10.8. The van der Waals surface area contributed by atoms with E-state index in [2.05, 4.69) is 0 Å². The molecular weight excluding hydrogens is 230 g/mol. The van der Waals surface area contributed by atoms with Crippen LogP contribution in [-0.2, 0) is 16.0 Å². The second-order valence-electron chi connectivity index (χ2n) is 4.77. The molecule has 1 aliphatic rings. The van der Waals surface area contributed by atoms with Crippen molar-refractivity contribution in [2.45, 2.75) is 19.4 Å². The number of hydrogen-bond donors (Lipinski definition) is 1. The molecule has 0 aliphatic carbocycles. The number of Topliss-reactive ketones (excluding diaryl/α,β-unsaturated/α-hetero) is 1. The maximum Gasteiger partial charge on any atom is 0.144 e. The van der Waals surface area contributed by atoms with Crippen molar-refractivity contribution in [2.24, 2.45) is 11.7 Å². The van der Waals surface area contributed by atoms with E-state index in [0.29, 0.717) is 19.6 Å². The summed E-state index contributed by atoms with van der Waals surface area (Å²) in [5, 5.41) is 0. The average molecular weight is 249 g/mol. The number of carbonyl (C=O) groups is 1. The van der Waals surface area contributed by atoms with Crippen molar-refractivity contribution in [1.29, 1.82) is 0 Å². The van der Waals surface area contributed by atoms with Gasteiger partial charge < -0.3 is 15.2 Å². The number of ether oxygens (including phenoxy) is 2. The number of ketones is 1. The van der Waals surface area contributed by atoms with Gasteiger partial charge in [0.1, 0.15) is 11.5 Å². The smallest absolute Gasteiger partial charge is 0.144 e. The minimum atomic E-state index is -0.185. The number of methoxy groups -OCH3 is 1. The number of carbonyl (C=O) groups excluding carboxylic acids is 1. The summed E-state index contributed by atoms with van der Waals surface area (Å²) >= 11 is 0. The standard InChI is InChI=1S/C14H19NO3/c1-9-3-4-14(17-2)10(5-9)6-13(16)11-7-18-8-12(11)15/h3-5,11-12H,6-8,15H2,1-2H3. The maximum absolute atomic E-state index is 12.2. The highest BCUT2D eigenvalue weighted by molar-refractivity contribution is 5.85. The Morgan fingerprint density at radius 2 is 2.28 bits per heavy atom. The molecular formula is C14H19NO3. The molecule has 0 saturated carbocycles. The third kappa shape index (κ3) is 2.71. The molecule has 1 saturated heterocycles. The van der Waals surface area contributed by atoms with Crippen molar-refractivity contribution in [3.8, 4) is 5.75 Å². The fraction of sp³-hybridized carbons (Fsp3) is 0.500. The lowest BCUT2D eigenvalue weighted by atomic mass is 9.93. The van der Waals surface area contributed by atoms with Crippen LogP contribution in [0.15, 0.2) is 18.2 Å². The van der Waals surface area contributed by atoms with Gasteiger partial charge in [-0.15, -0.1) is 0 Å². The largest absolute Gasteiger partial charge is 0.496 e. The molecule has 0 bridgehead atoms. The summed E-state index contributed by atoms with van der Waals surface area (Å²) < 4.78 is 10.5. The van der Waals surface area contributed by atoms with E-state index in [9.17, 15) is 4.79 Å². The van der Waals surface area contributed by atoms with Gasteiger partial charge in [-0.2, -0.15) is 0 Å². The van der Waals surface area contributed by atoms with Gasteiger partial charge in [0.15, 0.2) is 0 Å². The van der Waals surface area contributed by atoms with E-state index in [-0.39, 0.29) is 17.7 Å². The first-order valence-electron chi connectivity index (χ1n) is 6.11. The second kappa shape index (κ2) is 5.50. The predicted octanol–water partition coefficient (Wildman–Crippen LogP) is 1.09. The van der Waals surface area contributed by atoms with Gasteiger partial charge >= 0.3 is 0 Å². The quantitative estimate of drug-likeness (QED) is 0.867. The van der Waals surface area contributed by atoms with Crippen LogP contribution in [0.4, 0.5) is 0 Å². The third-order valence-corrected chi connectivity index (χ3v) is 3.34. The van der Waals surface area contributed by atoms with Crippen molar-refractivity contribution in [3.63, 3.8) is 0 Å². The molecule has 2 unspecified atom stereocenters. The van der Waals surface area contributed by atoms with E-state index in [1.165, 1.54) is 0 Å². The number of nitrogens with two attached hydrogens (primary N) is 1. The second-order valence-corrected chi connectivity index (χ2v) is 4.77. The molecule has 1 fully saturated rings. The highest BCUT2D eigenvalue weighted by Crippen LogP contribution is 2.23. The average Bonchev–Trinajstić information content (AvgIpc) is 2.76. The Bertz CT molecular complexity index is 445. The molecule has 2 N–H and O–H groups in total. The number of hydrogen-bond acceptors (Lipinski definition) is 4. The zero-order chi connectivity index (χ0) is 13.1. The molecule has 1 aromatic carbocycles. The van der Waals surface area contributed by atoms with E-state index in [0.717, 1.165) is 16.9 Å². The van der Waals surface area contributed by atoms with Gasteiger partial charge in [-0.1, -0.05) is 17.7 Å². The first-order valence-corrected chi connectivity index (χ1v) is 6.11. The summed E-state index contributed by atoms with van der Waals surface area (Å²) in [6, 6.07) is 5.67. The van der Waals surface area contributed by atoms with Crippen LogP contribution < -0.4 is 10.5 Å². The van der Waals surface area contributed by atoms with Crippen LogP contribution >= 0.6 is 0 Å². The third-order valence-electron chi connectivity index (χ3n) is 3.34. The minimum absolute atomic E-state index is 0.129. The van der Waals surface area contributed by atoms with Crippen molar-refractivity contribution in [3.05, 3.63) is 29.3 Å². The Hall–Kier alpha value is -1.39. The van der Waals surface area contributed by atoms with Crippen molar-refractivity contribution in [1.82, 2.24) is 0 Å². The van der Waals surface area contributed by atoms with E-state index < -0.39 is 0 Å². The van der Waals surface area contributed by atoms with E-state index in [4.69, 9.17) is 15.2 Å². The topological polar surface area (TPSA) is 61.5 Å². The van der Waals surface area contributed by atoms with Crippen molar-refractivity contribution in [2.75, 3.05) is 20.3 Å². The monoisotopic (exact) mass is 249 g/mol. The zero-order valence-corrected chi connectivity index (χ0v) is 10.8. The van der Waals surface area contributed by atoms with Crippen LogP contribution in [0, 0.1) is 12.8 Å². The van der Waals surface area contributed by atoms with Crippen LogP contribution in [0.3, 0.4) is 0 Å². The molecule has 0 aromatic heterocycles. The first kappa shape index (κ1) is 13.1. The fourth-order valence-electron chi connectivity index (χ4n) is 2.27. The molecule has 18 heavy (non-hydrogen) atoms. The van der Waals surface area contributed by atoms with Crippen molar-refractivity contribution < 1.29 is 14.3 Å². The Morgan fingerprint density at radius 3 is 2.89 bits per heavy atom. The minimum Gasteiger partial charge on any atom is -0.496 e. The molecule has 2 atom stereocenters.